The number of carbonyl (C=O) groups excluding carboxylic acids is 1. The molecule has 1 N–H and O–H groups in total. The molecule has 110 valence electrons. The molecule has 5 heteroatoms. The Labute approximate surface area is 133 Å². The lowest BCUT2D eigenvalue weighted by Crippen LogP contribution is -2.12. The Morgan fingerprint density at radius 2 is 1.67 bits per heavy atom. The summed E-state index contributed by atoms with van der Waals surface area (Å²) in [6.07, 6.45) is 0. The fraction of sp³-hybridized carbons (Fsp3) is 0.188. The van der Waals surface area contributed by atoms with E-state index >= 15 is 0 Å². The third kappa shape index (κ3) is 3.49. The van der Waals surface area contributed by atoms with Crippen molar-refractivity contribution in [2.24, 2.45) is 0 Å². The molecule has 0 unspecified atom stereocenters. The molecular formula is C16H15Cl2NO2. The predicted octanol–water partition coefficient (Wildman–Crippen LogP) is 4.87. The summed E-state index contributed by atoms with van der Waals surface area (Å²) in [5.74, 6) is 0.0887. The monoisotopic (exact) mass is 323 g/mol. The predicted molar refractivity (Wildman–Crippen MR) is 86.9 cm³/mol. The Bertz CT molecular complexity index is 676. The van der Waals surface area contributed by atoms with Crippen molar-refractivity contribution in [3.8, 4) is 5.75 Å². The molecule has 0 spiro atoms. The van der Waals surface area contributed by atoms with Gasteiger partial charge in [-0.2, -0.15) is 0 Å². The van der Waals surface area contributed by atoms with Crippen LogP contribution in [0.4, 0.5) is 5.69 Å². The van der Waals surface area contributed by atoms with E-state index in [1.54, 1.807) is 0 Å². The van der Waals surface area contributed by atoms with Crippen molar-refractivity contribution in [2.75, 3.05) is 12.4 Å². The zero-order valence-electron chi connectivity index (χ0n) is 12.0. The van der Waals surface area contributed by atoms with Gasteiger partial charge in [-0.15, -0.1) is 0 Å². The molecule has 21 heavy (non-hydrogen) atoms. The molecule has 2 aromatic rings. The largest absolute Gasteiger partial charge is 0.494 e. The maximum atomic E-state index is 12.2. The number of ether oxygens (including phenoxy) is 1. The minimum atomic E-state index is -0.273. The van der Waals surface area contributed by atoms with Gasteiger partial charge in [-0.3, -0.25) is 4.79 Å². The number of hydrogen-bond acceptors (Lipinski definition) is 2. The second kappa shape index (κ2) is 6.37. The SMILES string of the molecule is COc1c(Cl)cc(C(=O)Nc2ccc(C)c(C)c2)cc1Cl. The summed E-state index contributed by atoms with van der Waals surface area (Å²) in [6.45, 7) is 4.01. The summed E-state index contributed by atoms with van der Waals surface area (Å²) in [7, 11) is 1.47. The Morgan fingerprint density at radius 3 is 2.19 bits per heavy atom. The normalized spacial score (nSPS) is 10.3. The summed E-state index contributed by atoms with van der Waals surface area (Å²) in [5, 5.41) is 3.42. The van der Waals surface area contributed by atoms with Gasteiger partial charge in [0.1, 0.15) is 0 Å². The number of anilines is 1. The van der Waals surface area contributed by atoms with Gasteiger partial charge in [0.25, 0.3) is 5.91 Å². The molecule has 0 aliphatic heterocycles. The number of nitrogens with one attached hydrogen (secondary N) is 1. The van der Waals surface area contributed by atoms with Gasteiger partial charge < -0.3 is 10.1 Å². The topological polar surface area (TPSA) is 38.3 Å². The molecule has 3 nitrogen and oxygen atoms in total. The lowest BCUT2D eigenvalue weighted by molar-refractivity contribution is 0.102. The minimum Gasteiger partial charge on any atom is -0.494 e. The lowest BCUT2D eigenvalue weighted by Gasteiger charge is -2.10. The van der Waals surface area contributed by atoms with E-state index in [0.29, 0.717) is 21.4 Å². The second-order valence-corrected chi connectivity index (χ2v) is 5.54. The summed E-state index contributed by atoms with van der Waals surface area (Å²) in [5.41, 5.74) is 3.39. The molecule has 0 aliphatic rings. The minimum absolute atomic E-state index is 0.273. The van der Waals surface area contributed by atoms with Crippen molar-refractivity contribution in [3.05, 3.63) is 57.1 Å². The van der Waals surface area contributed by atoms with E-state index in [2.05, 4.69) is 5.32 Å². The van der Waals surface area contributed by atoms with Crippen LogP contribution >= 0.6 is 23.2 Å². The Hall–Kier alpha value is -1.71. The van der Waals surface area contributed by atoms with Crippen LogP contribution in [0.3, 0.4) is 0 Å². The van der Waals surface area contributed by atoms with Gasteiger partial charge in [-0.1, -0.05) is 29.3 Å². The van der Waals surface area contributed by atoms with Crippen LogP contribution in [0.15, 0.2) is 30.3 Å². The Balaban J connectivity index is 2.26. The lowest BCUT2D eigenvalue weighted by atomic mass is 10.1. The van der Waals surface area contributed by atoms with Gasteiger partial charge >= 0.3 is 0 Å². The quantitative estimate of drug-likeness (QED) is 0.874. The highest BCUT2D eigenvalue weighted by Crippen LogP contribution is 2.34. The van der Waals surface area contributed by atoms with E-state index in [1.807, 2.05) is 32.0 Å². The maximum Gasteiger partial charge on any atom is 0.255 e. The van der Waals surface area contributed by atoms with Gasteiger partial charge in [0.2, 0.25) is 0 Å². The van der Waals surface area contributed by atoms with E-state index in [9.17, 15) is 4.79 Å². The second-order valence-electron chi connectivity index (χ2n) is 4.73. The van der Waals surface area contributed by atoms with Crippen LogP contribution in [0.5, 0.6) is 5.75 Å². The molecule has 2 rings (SSSR count). The molecule has 0 heterocycles. The number of amides is 1. The molecule has 0 bridgehead atoms. The van der Waals surface area contributed by atoms with Crippen molar-refractivity contribution >= 4 is 34.8 Å². The highest BCUT2D eigenvalue weighted by Gasteiger charge is 2.13. The average Bonchev–Trinajstić information content (AvgIpc) is 2.42. The Morgan fingerprint density at radius 1 is 1.05 bits per heavy atom. The highest BCUT2D eigenvalue weighted by atomic mass is 35.5. The number of carbonyl (C=O) groups is 1. The van der Waals surface area contributed by atoms with Crippen LogP contribution < -0.4 is 10.1 Å². The van der Waals surface area contributed by atoms with Crippen LogP contribution in [-0.4, -0.2) is 13.0 Å². The van der Waals surface area contributed by atoms with Crippen LogP contribution in [0, 0.1) is 13.8 Å². The molecule has 0 radical (unpaired) electrons. The van der Waals surface area contributed by atoms with Gasteiger partial charge in [0.05, 0.1) is 17.2 Å². The van der Waals surface area contributed by atoms with Gasteiger partial charge in [-0.25, -0.2) is 0 Å². The molecule has 0 saturated heterocycles. The van der Waals surface area contributed by atoms with E-state index in [4.69, 9.17) is 27.9 Å². The van der Waals surface area contributed by atoms with Crippen molar-refractivity contribution in [1.29, 1.82) is 0 Å². The van der Waals surface area contributed by atoms with Crippen molar-refractivity contribution in [3.63, 3.8) is 0 Å². The first-order valence-electron chi connectivity index (χ1n) is 6.34. The zero-order chi connectivity index (χ0) is 15.6. The maximum absolute atomic E-state index is 12.2. The number of rotatable bonds is 3. The molecule has 0 fully saturated rings. The van der Waals surface area contributed by atoms with E-state index < -0.39 is 0 Å². The summed E-state index contributed by atoms with van der Waals surface area (Å²) in [4.78, 5) is 12.2. The third-order valence-corrected chi connectivity index (χ3v) is 3.79. The average molecular weight is 324 g/mol. The number of benzene rings is 2. The van der Waals surface area contributed by atoms with Crippen LogP contribution in [0.25, 0.3) is 0 Å². The third-order valence-electron chi connectivity index (χ3n) is 3.23. The van der Waals surface area contributed by atoms with Crippen molar-refractivity contribution in [2.45, 2.75) is 13.8 Å². The number of halogens is 2. The van der Waals surface area contributed by atoms with E-state index in [-0.39, 0.29) is 5.91 Å². The Kier molecular flexibility index (Phi) is 4.76. The smallest absolute Gasteiger partial charge is 0.255 e. The van der Waals surface area contributed by atoms with Crippen LogP contribution in [0.1, 0.15) is 21.5 Å². The van der Waals surface area contributed by atoms with Crippen molar-refractivity contribution < 1.29 is 9.53 Å². The van der Waals surface area contributed by atoms with Crippen LogP contribution in [-0.2, 0) is 0 Å². The molecule has 0 atom stereocenters. The van der Waals surface area contributed by atoms with Crippen molar-refractivity contribution in [1.82, 2.24) is 0 Å². The molecule has 0 aromatic heterocycles. The molecule has 0 aliphatic carbocycles. The first kappa shape index (κ1) is 15.7. The zero-order valence-corrected chi connectivity index (χ0v) is 13.5. The summed E-state index contributed by atoms with van der Waals surface area (Å²) in [6, 6.07) is 8.79. The number of methoxy groups -OCH3 is 1. The van der Waals surface area contributed by atoms with Gasteiger partial charge in [0.15, 0.2) is 5.75 Å². The number of aryl methyl sites for hydroxylation is 2. The van der Waals surface area contributed by atoms with Gasteiger partial charge in [0, 0.05) is 11.3 Å². The molecule has 1 amide bonds. The molecule has 2 aromatic carbocycles. The van der Waals surface area contributed by atoms with E-state index in [1.165, 1.54) is 24.8 Å². The standard InChI is InChI=1S/C16H15Cl2NO2/c1-9-4-5-12(6-10(9)2)19-16(20)11-7-13(17)15(21-3)14(18)8-11/h4-8H,1-3H3,(H,19,20). The summed E-state index contributed by atoms with van der Waals surface area (Å²) < 4.78 is 5.06. The molecular weight excluding hydrogens is 309 g/mol. The molecule has 0 saturated carbocycles. The van der Waals surface area contributed by atoms with Crippen LogP contribution in [0.2, 0.25) is 10.0 Å². The first-order valence-corrected chi connectivity index (χ1v) is 7.09. The fourth-order valence-corrected chi connectivity index (χ4v) is 2.55. The highest BCUT2D eigenvalue weighted by molar-refractivity contribution is 6.37. The summed E-state index contributed by atoms with van der Waals surface area (Å²) >= 11 is 12.1. The van der Waals surface area contributed by atoms with Gasteiger partial charge in [-0.05, 0) is 49.2 Å². The number of hydrogen-bond donors (Lipinski definition) is 1. The fourth-order valence-electron chi connectivity index (χ4n) is 1.91. The van der Waals surface area contributed by atoms with E-state index in [0.717, 1.165) is 11.3 Å². The first-order chi connectivity index (χ1) is 9.92.